The molecule has 0 saturated carbocycles. The molecule has 1 atom stereocenters. The van der Waals surface area contributed by atoms with Gasteiger partial charge in [0.1, 0.15) is 0 Å². The summed E-state index contributed by atoms with van der Waals surface area (Å²) in [7, 11) is 0. The van der Waals surface area contributed by atoms with E-state index in [9.17, 15) is 0 Å². The van der Waals surface area contributed by atoms with Gasteiger partial charge in [-0.05, 0) is 20.8 Å². The van der Waals surface area contributed by atoms with E-state index < -0.39 is 0 Å². The van der Waals surface area contributed by atoms with Gasteiger partial charge in [-0.15, -0.1) is 0 Å². The van der Waals surface area contributed by atoms with Crippen molar-refractivity contribution in [2.45, 2.75) is 26.8 Å². The lowest BCUT2D eigenvalue weighted by atomic mass is 10.2. The van der Waals surface area contributed by atoms with E-state index in [2.05, 4.69) is 34.0 Å². The van der Waals surface area contributed by atoms with E-state index in [4.69, 9.17) is 0 Å². The average Bonchev–Trinajstić information content (AvgIpc) is 2.48. The van der Waals surface area contributed by atoms with Crippen LogP contribution in [-0.4, -0.2) is 35.6 Å². The molecule has 2 N–H and O–H groups in total. The molecule has 2 rings (SSSR count). The Bertz CT molecular complexity index is 298. The van der Waals surface area contributed by atoms with E-state index >= 15 is 0 Å². The molecule has 1 aliphatic heterocycles. The zero-order valence-electron chi connectivity index (χ0n) is 9.09. The van der Waals surface area contributed by atoms with Crippen LogP contribution in [0.5, 0.6) is 0 Å². The van der Waals surface area contributed by atoms with Gasteiger partial charge >= 0.3 is 0 Å². The van der Waals surface area contributed by atoms with Gasteiger partial charge in [-0.1, -0.05) is 0 Å². The first kappa shape index (κ1) is 9.52. The maximum absolute atomic E-state index is 4.53. The highest BCUT2D eigenvalue weighted by Crippen LogP contribution is 2.16. The number of nitrogens with one attached hydrogen (secondary N) is 2. The number of piperazine rings is 1. The molecule has 0 aliphatic carbocycles. The molecule has 0 unspecified atom stereocenters. The Balaban J connectivity index is 2.20. The number of hydrogen-bond acceptors (Lipinski definition) is 3. The molecule has 1 aromatic heterocycles. The molecule has 1 saturated heterocycles. The molecular formula is C10H18N4. The second-order valence-electron chi connectivity index (χ2n) is 4.02. The second-order valence-corrected chi connectivity index (χ2v) is 4.02. The first-order valence-corrected chi connectivity index (χ1v) is 5.19. The minimum atomic E-state index is 0.522. The molecular weight excluding hydrogens is 176 g/mol. The van der Waals surface area contributed by atoms with Gasteiger partial charge < -0.3 is 15.2 Å². The maximum atomic E-state index is 4.53. The van der Waals surface area contributed by atoms with E-state index in [1.807, 2.05) is 6.92 Å². The summed E-state index contributed by atoms with van der Waals surface area (Å²) in [5, 5.41) is 3.37. The van der Waals surface area contributed by atoms with Crippen molar-refractivity contribution >= 4 is 5.95 Å². The van der Waals surface area contributed by atoms with Crippen LogP contribution in [0.1, 0.15) is 18.3 Å². The van der Waals surface area contributed by atoms with Gasteiger partial charge in [0.05, 0.1) is 5.69 Å². The molecule has 1 aromatic rings. The number of nitrogens with zero attached hydrogens (tertiary/aromatic N) is 2. The number of hydrogen-bond donors (Lipinski definition) is 2. The van der Waals surface area contributed by atoms with Crippen molar-refractivity contribution in [2.75, 3.05) is 24.5 Å². The number of aromatic nitrogens is 2. The molecule has 0 radical (unpaired) electrons. The number of imidazole rings is 1. The van der Waals surface area contributed by atoms with Crippen molar-refractivity contribution in [1.29, 1.82) is 0 Å². The van der Waals surface area contributed by atoms with Crippen molar-refractivity contribution in [3.63, 3.8) is 0 Å². The second kappa shape index (κ2) is 3.61. The SMILES string of the molecule is Cc1nc(N2CCNC[C@H]2C)[nH]c1C. The Hall–Kier alpha value is -1.03. The van der Waals surface area contributed by atoms with Gasteiger partial charge in [-0.3, -0.25) is 0 Å². The van der Waals surface area contributed by atoms with Gasteiger partial charge in [0.25, 0.3) is 0 Å². The molecule has 4 heteroatoms. The highest BCUT2D eigenvalue weighted by atomic mass is 15.3. The Morgan fingerprint density at radius 1 is 1.43 bits per heavy atom. The molecule has 0 bridgehead atoms. The molecule has 14 heavy (non-hydrogen) atoms. The zero-order chi connectivity index (χ0) is 10.1. The fraction of sp³-hybridized carbons (Fsp3) is 0.700. The number of aryl methyl sites for hydroxylation is 2. The minimum Gasteiger partial charge on any atom is -0.337 e. The molecule has 0 aromatic carbocycles. The zero-order valence-corrected chi connectivity index (χ0v) is 9.09. The third kappa shape index (κ3) is 1.62. The lowest BCUT2D eigenvalue weighted by Crippen LogP contribution is -2.50. The fourth-order valence-corrected chi connectivity index (χ4v) is 1.82. The summed E-state index contributed by atoms with van der Waals surface area (Å²) < 4.78 is 0. The van der Waals surface area contributed by atoms with E-state index in [0.717, 1.165) is 31.3 Å². The third-order valence-electron chi connectivity index (χ3n) is 2.89. The summed E-state index contributed by atoms with van der Waals surface area (Å²) >= 11 is 0. The Labute approximate surface area is 84.7 Å². The van der Waals surface area contributed by atoms with Crippen LogP contribution in [0.4, 0.5) is 5.95 Å². The highest BCUT2D eigenvalue weighted by molar-refractivity contribution is 5.36. The van der Waals surface area contributed by atoms with Crippen LogP contribution in [0, 0.1) is 13.8 Å². The van der Waals surface area contributed by atoms with E-state index in [-0.39, 0.29) is 0 Å². The highest BCUT2D eigenvalue weighted by Gasteiger charge is 2.20. The lowest BCUT2D eigenvalue weighted by molar-refractivity contribution is 0.494. The van der Waals surface area contributed by atoms with Crippen LogP contribution in [0.15, 0.2) is 0 Å². The summed E-state index contributed by atoms with van der Waals surface area (Å²) in [5.74, 6) is 1.02. The van der Waals surface area contributed by atoms with E-state index in [1.54, 1.807) is 0 Å². The Morgan fingerprint density at radius 3 is 2.79 bits per heavy atom. The molecule has 2 heterocycles. The average molecular weight is 194 g/mol. The Morgan fingerprint density at radius 2 is 2.21 bits per heavy atom. The molecule has 4 nitrogen and oxygen atoms in total. The molecule has 1 aliphatic rings. The fourth-order valence-electron chi connectivity index (χ4n) is 1.82. The van der Waals surface area contributed by atoms with Gasteiger partial charge in [0, 0.05) is 31.4 Å². The van der Waals surface area contributed by atoms with Crippen LogP contribution in [0.3, 0.4) is 0 Å². The largest absolute Gasteiger partial charge is 0.337 e. The molecule has 0 spiro atoms. The van der Waals surface area contributed by atoms with Crippen molar-refractivity contribution < 1.29 is 0 Å². The predicted octanol–water partition coefficient (Wildman–Crippen LogP) is 0.825. The van der Waals surface area contributed by atoms with Gasteiger partial charge in [0.15, 0.2) is 0 Å². The predicted molar refractivity (Wildman–Crippen MR) is 57.7 cm³/mol. The third-order valence-corrected chi connectivity index (χ3v) is 2.89. The van der Waals surface area contributed by atoms with Gasteiger partial charge in [-0.2, -0.15) is 0 Å². The van der Waals surface area contributed by atoms with Crippen molar-refractivity contribution in [1.82, 2.24) is 15.3 Å². The first-order valence-electron chi connectivity index (χ1n) is 5.19. The van der Waals surface area contributed by atoms with Crippen LogP contribution in [-0.2, 0) is 0 Å². The van der Waals surface area contributed by atoms with E-state index in [1.165, 1.54) is 5.69 Å². The van der Waals surface area contributed by atoms with Crippen molar-refractivity contribution in [2.24, 2.45) is 0 Å². The van der Waals surface area contributed by atoms with Crippen LogP contribution in [0.2, 0.25) is 0 Å². The van der Waals surface area contributed by atoms with Gasteiger partial charge in [-0.25, -0.2) is 4.98 Å². The molecule has 1 fully saturated rings. The summed E-state index contributed by atoms with van der Waals surface area (Å²) in [6.45, 7) is 9.45. The first-order chi connectivity index (χ1) is 6.68. The standard InChI is InChI=1S/C10H18N4/c1-7-6-11-4-5-14(7)10-12-8(2)9(3)13-10/h7,11H,4-6H2,1-3H3,(H,12,13)/t7-/m1/s1. The lowest BCUT2D eigenvalue weighted by Gasteiger charge is -2.33. The molecule has 78 valence electrons. The van der Waals surface area contributed by atoms with E-state index in [0.29, 0.717) is 6.04 Å². The van der Waals surface area contributed by atoms with Gasteiger partial charge in [0.2, 0.25) is 5.95 Å². The summed E-state index contributed by atoms with van der Waals surface area (Å²) in [6, 6.07) is 0.522. The van der Waals surface area contributed by atoms with Crippen LogP contribution < -0.4 is 10.2 Å². The molecule has 0 amide bonds. The summed E-state index contributed by atoms with van der Waals surface area (Å²) in [5.41, 5.74) is 2.27. The summed E-state index contributed by atoms with van der Waals surface area (Å²) in [4.78, 5) is 10.2. The van der Waals surface area contributed by atoms with Crippen molar-refractivity contribution in [3.8, 4) is 0 Å². The quantitative estimate of drug-likeness (QED) is 0.696. The number of aromatic amines is 1. The van der Waals surface area contributed by atoms with Crippen molar-refractivity contribution in [3.05, 3.63) is 11.4 Å². The maximum Gasteiger partial charge on any atom is 0.203 e. The number of H-pyrrole nitrogens is 1. The monoisotopic (exact) mass is 194 g/mol. The summed E-state index contributed by atoms with van der Waals surface area (Å²) in [6.07, 6.45) is 0. The van der Waals surface area contributed by atoms with Crippen LogP contribution >= 0.6 is 0 Å². The number of anilines is 1. The smallest absolute Gasteiger partial charge is 0.203 e. The number of rotatable bonds is 1. The Kier molecular flexibility index (Phi) is 2.46. The minimum absolute atomic E-state index is 0.522. The van der Waals surface area contributed by atoms with Crippen LogP contribution in [0.25, 0.3) is 0 Å². The topological polar surface area (TPSA) is 44.0 Å². The normalized spacial score (nSPS) is 22.8.